The van der Waals surface area contributed by atoms with Crippen LogP contribution in [-0.4, -0.2) is 23.1 Å². The minimum atomic E-state index is 0.352. The lowest BCUT2D eigenvalue weighted by Crippen LogP contribution is -2.10. The summed E-state index contributed by atoms with van der Waals surface area (Å²) in [6, 6.07) is 2.59. The molecule has 1 aliphatic rings. The topological polar surface area (TPSA) is 49.8 Å². The lowest BCUT2D eigenvalue weighted by atomic mass is 10.2. The fraction of sp³-hybridized carbons (Fsp3) is 0.692. The molecule has 1 fully saturated rings. The fourth-order valence-corrected chi connectivity index (χ4v) is 1.99. The Bertz CT molecular complexity index is 389. The summed E-state index contributed by atoms with van der Waals surface area (Å²) in [5.41, 5.74) is 0. The minimum absolute atomic E-state index is 0.352. The largest absolute Gasteiger partial charge is 0.373 e. The van der Waals surface area contributed by atoms with E-state index in [1.165, 1.54) is 12.8 Å². The van der Waals surface area contributed by atoms with Gasteiger partial charge in [0.05, 0.1) is 0 Å². The van der Waals surface area contributed by atoms with Crippen LogP contribution in [0.3, 0.4) is 0 Å². The molecule has 4 nitrogen and oxygen atoms in total. The van der Waals surface area contributed by atoms with Crippen LogP contribution < -0.4 is 10.6 Å². The lowest BCUT2D eigenvalue weighted by Gasteiger charge is -2.11. The fourth-order valence-electron chi connectivity index (χ4n) is 1.99. The maximum Gasteiger partial charge on any atom is 0.135 e. The van der Waals surface area contributed by atoms with Gasteiger partial charge in [-0.05, 0) is 12.3 Å². The molecule has 2 unspecified atom stereocenters. The third kappa shape index (κ3) is 2.87. The molecule has 2 atom stereocenters. The standard InChI is InChI=1S/C13H22N4/c1-5-9-6-10(9)15-12-7-11(14-4)16-13(17-12)8(2)3/h7-10H,5-6H2,1-4H3,(H2,14,15,16,17). The van der Waals surface area contributed by atoms with Crippen LogP contribution >= 0.6 is 0 Å². The summed E-state index contributed by atoms with van der Waals surface area (Å²) < 4.78 is 0. The van der Waals surface area contributed by atoms with Gasteiger partial charge in [0.1, 0.15) is 17.5 Å². The van der Waals surface area contributed by atoms with Crippen LogP contribution in [0.2, 0.25) is 0 Å². The number of nitrogens with one attached hydrogen (secondary N) is 2. The van der Waals surface area contributed by atoms with Gasteiger partial charge in [0, 0.05) is 25.1 Å². The number of nitrogens with zero attached hydrogens (tertiary/aromatic N) is 2. The molecule has 2 rings (SSSR count). The first kappa shape index (κ1) is 12.1. The predicted octanol–water partition coefficient (Wildman–Crippen LogP) is 2.85. The zero-order valence-electron chi connectivity index (χ0n) is 11.1. The normalized spacial score (nSPS) is 22.6. The summed E-state index contributed by atoms with van der Waals surface area (Å²) in [5.74, 6) is 3.91. The molecule has 1 heterocycles. The molecule has 94 valence electrons. The number of aromatic nitrogens is 2. The van der Waals surface area contributed by atoms with Crippen LogP contribution in [0.4, 0.5) is 11.6 Å². The molecule has 1 aliphatic carbocycles. The number of hydrogen-bond acceptors (Lipinski definition) is 4. The van der Waals surface area contributed by atoms with E-state index in [0.717, 1.165) is 23.4 Å². The molecule has 1 aromatic rings. The van der Waals surface area contributed by atoms with Crippen LogP contribution in [0.25, 0.3) is 0 Å². The third-order valence-electron chi connectivity index (χ3n) is 3.30. The van der Waals surface area contributed by atoms with Crippen molar-refractivity contribution in [3.05, 3.63) is 11.9 Å². The molecule has 0 spiro atoms. The van der Waals surface area contributed by atoms with E-state index in [1.807, 2.05) is 13.1 Å². The number of anilines is 2. The molecule has 0 amide bonds. The Morgan fingerprint density at radius 2 is 2.06 bits per heavy atom. The van der Waals surface area contributed by atoms with Gasteiger partial charge < -0.3 is 10.6 Å². The molecule has 0 aliphatic heterocycles. The first-order valence-corrected chi connectivity index (χ1v) is 6.47. The Kier molecular flexibility index (Phi) is 3.50. The summed E-state index contributed by atoms with van der Waals surface area (Å²) >= 11 is 0. The van der Waals surface area contributed by atoms with Gasteiger partial charge >= 0.3 is 0 Å². The molecule has 17 heavy (non-hydrogen) atoms. The molecule has 1 aromatic heterocycles. The Balaban J connectivity index is 2.13. The van der Waals surface area contributed by atoms with Crippen LogP contribution in [-0.2, 0) is 0 Å². The molecular formula is C13H22N4. The SMILES string of the molecule is CCC1CC1Nc1cc(NC)nc(C(C)C)n1. The quantitative estimate of drug-likeness (QED) is 0.822. The van der Waals surface area contributed by atoms with E-state index in [4.69, 9.17) is 0 Å². The first-order valence-electron chi connectivity index (χ1n) is 6.47. The Hall–Kier alpha value is -1.32. The molecule has 0 radical (unpaired) electrons. The molecule has 2 N–H and O–H groups in total. The van der Waals surface area contributed by atoms with Gasteiger partial charge in [0.2, 0.25) is 0 Å². The van der Waals surface area contributed by atoms with E-state index in [-0.39, 0.29) is 0 Å². The minimum Gasteiger partial charge on any atom is -0.373 e. The summed E-state index contributed by atoms with van der Waals surface area (Å²) in [5, 5.41) is 6.59. The molecule has 4 heteroatoms. The highest BCUT2D eigenvalue weighted by Crippen LogP contribution is 2.36. The highest BCUT2D eigenvalue weighted by Gasteiger charge is 2.35. The van der Waals surface area contributed by atoms with Crippen molar-refractivity contribution in [2.75, 3.05) is 17.7 Å². The van der Waals surface area contributed by atoms with Crippen molar-refractivity contribution in [1.82, 2.24) is 9.97 Å². The van der Waals surface area contributed by atoms with E-state index in [0.29, 0.717) is 12.0 Å². The van der Waals surface area contributed by atoms with Gasteiger partial charge in [0.25, 0.3) is 0 Å². The zero-order chi connectivity index (χ0) is 12.4. The van der Waals surface area contributed by atoms with Crippen molar-refractivity contribution in [1.29, 1.82) is 0 Å². The monoisotopic (exact) mass is 234 g/mol. The van der Waals surface area contributed by atoms with Crippen LogP contribution in [0, 0.1) is 5.92 Å². The van der Waals surface area contributed by atoms with E-state index in [1.54, 1.807) is 0 Å². The number of hydrogen-bond donors (Lipinski definition) is 2. The van der Waals surface area contributed by atoms with Gasteiger partial charge in [-0.15, -0.1) is 0 Å². The summed E-state index contributed by atoms with van der Waals surface area (Å²) in [4.78, 5) is 9.02. The highest BCUT2D eigenvalue weighted by molar-refractivity contribution is 5.48. The third-order valence-corrected chi connectivity index (χ3v) is 3.30. The van der Waals surface area contributed by atoms with Crippen LogP contribution in [0.15, 0.2) is 6.07 Å². The van der Waals surface area contributed by atoms with Gasteiger partial charge in [0.15, 0.2) is 0 Å². The van der Waals surface area contributed by atoms with Crippen LogP contribution in [0.5, 0.6) is 0 Å². The molecule has 0 bridgehead atoms. The highest BCUT2D eigenvalue weighted by atomic mass is 15.1. The van der Waals surface area contributed by atoms with Gasteiger partial charge in [-0.25, -0.2) is 9.97 Å². The summed E-state index contributed by atoms with van der Waals surface area (Å²) in [6.45, 7) is 6.47. The van der Waals surface area contributed by atoms with E-state index < -0.39 is 0 Å². The van der Waals surface area contributed by atoms with Crippen molar-refractivity contribution in [2.24, 2.45) is 5.92 Å². The van der Waals surface area contributed by atoms with Gasteiger partial charge in [-0.2, -0.15) is 0 Å². The zero-order valence-corrected chi connectivity index (χ0v) is 11.1. The maximum absolute atomic E-state index is 4.57. The number of rotatable bonds is 5. The molecule has 0 saturated heterocycles. The van der Waals surface area contributed by atoms with E-state index >= 15 is 0 Å². The second-order valence-electron chi connectivity index (χ2n) is 5.06. The van der Waals surface area contributed by atoms with Crippen molar-refractivity contribution in [2.45, 2.75) is 45.6 Å². The lowest BCUT2D eigenvalue weighted by molar-refractivity contribution is 0.761. The van der Waals surface area contributed by atoms with Crippen molar-refractivity contribution in [3.63, 3.8) is 0 Å². The molecule has 0 aromatic carbocycles. The smallest absolute Gasteiger partial charge is 0.135 e. The maximum atomic E-state index is 4.57. The second kappa shape index (κ2) is 4.90. The van der Waals surface area contributed by atoms with Crippen molar-refractivity contribution < 1.29 is 0 Å². The molecular weight excluding hydrogens is 212 g/mol. The summed E-state index contributed by atoms with van der Waals surface area (Å²) in [6.07, 6.45) is 2.52. The van der Waals surface area contributed by atoms with Gasteiger partial charge in [-0.3, -0.25) is 0 Å². The Morgan fingerprint density at radius 1 is 1.35 bits per heavy atom. The summed E-state index contributed by atoms with van der Waals surface area (Å²) in [7, 11) is 1.89. The van der Waals surface area contributed by atoms with Crippen molar-refractivity contribution in [3.8, 4) is 0 Å². The Morgan fingerprint density at radius 3 is 2.59 bits per heavy atom. The second-order valence-corrected chi connectivity index (χ2v) is 5.06. The molecule has 1 saturated carbocycles. The van der Waals surface area contributed by atoms with Crippen molar-refractivity contribution >= 4 is 11.6 Å². The van der Waals surface area contributed by atoms with Crippen LogP contribution in [0.1, 0.15) is 45.4 Å². The average molecular weight is 234 g/mol. The van der Waals surface area contributed by atoms with E-state index in [9.17, 15) is 0 Å². The van der Waals surface area contributed by atoms with Gasteiger partial charge in [-0.1, -0.05) is 27.2 Å². The predicted molar refractivity (Wildman–Crippen MR) is 71.5 cm³/mol. The van der Waals surface area contributed by atoms with E-state index in [2.05, 4.69) is 41.4 Å². The first-order chi connectivity index (χ1) is 8.13. The Labute approximate surface area is 103 Å². The average Bonchev–Trinajstić information content (AvgIpc) is 3.06.